The number of phenols is 1. The van der Waals surface area contributed by atoms with Gasteiger partial charge in [0.2, 0.25) is 5.78 Å². The normalized spacial score (nSPS) is 32.3. The topological polar surface area (TPSA) is 132 Å². The van der Waals surface area contributed by atoms with Gasteiger partial charge in [0.1, 0.15) is 22.8 Å². The molecule has 3 aliphatic rings. The molecule has 1 unspecified atom stereocenters. The van der Waals surface area contributed by atoms with E-state index in [0.29, 0.717) is 16.7 Å². The second kappa shape index (κ2) is 7.32. The highest BCUT2D eigenvalue weighted by atomic mass is 16.3. The Morgan fingerprint density at radius 3 is 2.31 bits per heavy atom. The van der Waals surface area contributed by atoms with Crippen molar-refractivity contribution in [2.24, 2.45) is 22.7 Å². The first-order valence-electron chi connectivity index (χ1n) is 11.6. The monoisotopic (exact) mass is 478 g/mol. The van der Waals surface area contributed by atoms with Crippen LogP contribution in [0.4, 0.5) is 0 Å². The quantitative estimate of drug-likeness (QED) is 0.378. The van der Waals surface area contributed by atoms with Crippen LogP contribution in [0.1, 0.15) is 63.3 Å². The summed E-state index contributed by atoms with van der Waals surface area (Å²) in [6.45, 7) is 9.55. The molecule has 1 fully saturated rings. The fourth-order valence-electron chi connectivity index (χ4n) is 7.04. The van der Waals surface area contributed by atoms with Crippen molar-refractivity contribution >= 4 is 23.1 Å². The average Bonchev–Trinajstić information content (AvgIpc) is 2.72. The van der Waals surface area contributed by atoms with Crippen molar-refractivity contribution in [3.63, 3.8) is 0 Å². The molecule has 1 saturated carbocycles. The molecule has 4 atom stereocenters. The van der Waals surface area contributed by atoms with Crippen molar-refractivity contribution in [1.29, 1.82) is 0 Å². The van der Waals surface area contributed by atoms with E-state index in [1.54, 1.807) is 40.7 Å². The van der Waals surface area contributed by atoms with Gasteiger partial charge in [-0.2, -0.15) is 0 Å². The number of fused-ring (bicyclic) bond motifs is 3. The van der Waals surface area contributed by atoms with E-state index < -0.39 is 56.8 Å². The fraction of sp³-hybridized carbons (Fsp3) is 0.464. The van der Waals surface area contributed by atoms with Crippen LogP contribution in [-0.2, 0) is 20.8 Å². The van der Waals surface area contributed by atoms with E-state index in [-0.39, 0.29) is 35.6 Å². The van der Waals surface area contributed by atoms with E-state index in [2.05, 4.69) is 5.92 Å². The molecule has 0 saturated heterocycles. The number of allylic oxidation sites excluding steroid dienone is 1. The first-order valence-corrected chi connectivity index (χ1v) is 11.6. The third-order valence-electron chi connectivity index (χ3n) is 8.40. The summed E-state index contributed by atoms with van der Waals surface area (Å²) in [4.78, 5) is 39.9. The maximum absolute atomic E-state index is 14.1. The van der Waals surface area contributed by atoms with Crippen molar-refractivity contribution in [3.8, 4) is 18.1 Å². The molecule has 0 amide bonds. The number of hydrogen-bond donors (Lipinski definition) is 4. The van der Waals surface area contributed by atoms with Gasteiger partial charge in [-0.25, -0.2) is 0 Å². The summed E-state index contributed by atoms with van der Waals surface area (Å²) in [6.07, 6.45) is 5.84. The second-order valence-electron chi connectivity index (χ2n) is 11.0. The number of aromatic hydroxyl groups is 1. The molecule has 1 aromatic carbocycles. The lowest BCUT2D eigenvalue weighted by Crippen LogP contribution is -2.69. The Labute approximate surface area is 204 Å². The van der Waals surface area contributed by atoms with Gasteiger partial charge in [-0.3, -0.25) is 14.4 Å². The Morgan fingerprint density at radius 2 is 1.80 bits per heavy atom. The molecular formula is C28H30O7. The third-order valence-corrected chi connectivity index (χ3v) is 8.40. The van der Waals surface area contributed by atoms with Crippen LogP contribution in [-0.4, -0.2) is 43.4 Å². The number of ketones is 3. The summed E-state index contributed by atoms with van der Waals surface area (Å²) >= 11 is 0. The van der Waals surface area contributed by atoms with E-state index in [1.165, 1.54) is 0 Å². The molecule has 3 aliphatic carbocycles. The molecule has 7 heteroatoms. The average molecular weight is 479 g/mol. The summed E-state index contributed by atoms with van der Waals surface area (Å²) in [5.41, 5.74) is -4.48. The Hall–Kier alpha value is -3.37. The van der Waals surface area contributed by atoms with E-state index in [9.17, 15) is 34.8 Å². The Balaban J connectivity index is 2.10. The smallest absolute Gasteiger partial charge is 0.203 e. The minimum atomic E-state index is -2.61. The summed E-state index contributed by atoms with van der Waals surface area (Å²) in [6, 6.07) is 1.69. The number of phenolic OH excluding ortho intramolecular Hbond substituents is 1. The van der Waals surface area contributed by atoms with Gasteiger partial charge in [0.05, 0.1) is 5.56 Å². The number of carbonyl (C=O) groups is 3. The standard InChI is InChI=1S/C28H30O7/c1-8-15-9-16-10-26(6)11-27(7)19(12(2)3)22(31)17(14(5)29)24(33)28(27,35)25(34)20(26)23(32)18(16)21(30)13(15)4/h1,9,12,19,30,32-33,35H,10-11H2,2-7H3/t19?,26-,27-,28+/m1/s1. The van der Waals surface area contributed by atoms with Crippen LogP contribution in [0, 0.1) is 41.9 Å². The minimum Gasteiger partial charge on any atom is -0.508 e. The predicted octanol–water partition coefficient (Wildman–Crippen LogP) is 3.48. The molecule has 0 spiro atoms. The highest BCUT2D eigenvalue weighted by molar-refractivity contribution is 6.24. The molecule has 0 heterocycles. The highest BCUT2D eigenvalue weighted by Crippen LogP contribution is 2.65. The number of benzene rings is 1. The third kappa shape index (κ3) is 2.80. The van der Waals surface area contributed by atoms with Gasteiger partial charge in [0.15, 0.2) is 17.2 Å². The zero-order valence-electron chi connectivity index (χ0n) is 20.7. The number of aliphatic hydroxyl groups is 3. The first-order chi connectivity index (χ1) is 16.1. The van der Waals surface area contributed by atoms with E-state index in [4.69, 9.17) is 6.42 Å². The van der Waals surface area contributed by atoms with Crippen LogP contribution in [0.2, 0.25) is 0 Å². The van der Waals surface area contributed by atoms with Crippen LogP contribution >= 0.6 is 0 Å². The van der Waals surface area contributed by atoms with Gasteiger partial charge in [0.25, 0.3) is 0 Å². The SMILES string of the molecule is C#Cc1cc2c(c(O)c1C)C(O)=C1C(=O)[C@@]3(O)C(O)=C(C(C)=O)C(=O)C(C(C)C)[C@@]3(C)C[C@@]1(C)C2. The zero-order chi connectivity index (χ0) is 26.4. The van der Waals surface area contributed by atoms with Crippen LogP contribution in [0.15, 0.2) is 23.0 Å². The van der Waals surface area contributed by atoms with Gasteiger partial charge in [-0.15, -0.1) is 6.42 Å². The molecular weight excluding hydrogens is 448 g/mol. The second-order valence-corrected chi connectivity index (χ2v) is 11.0. The van der Waals surface area contributed by atoms with Crippen molar-refractivity contribution < 1.29 is 34.8 Å². The lowest BCUT2D eigenvalue weighted by molar-refractivity contribution is -0.178. The Bertz CT molecular complexity index is 1340. The minimum absolute atomic E-state index is 0.0466. The molecule has 4 N–H and O–H groups in total. The van der Waals surface area contributed by atoms with Gasteiger partial charge < -0.3 is 20.4 Å². The molecule has 184 valence electrons. The van der Waals surface area contributed by atoms with Crippen molar-refractivity contribution in [1.82, 2.24) is 0 Å². The van der Waals surface area contributed by atoms with Crippen LogP contribution < -0.4 is 0 Å². The summed E-state index contributed by atoms with van der Waals surface area (Å²) in [5, 5.41) is 45.3. The number of terminal acetylenes is 1. The number of carbonyl (C=O) groups excluding carboxylic acids is 3. The summed E-state index contributed by atoms with van der Waals surface area (Å²) in [5.74, 6) is -2.88. The number of Topliss-reactive ketones (excluding diaryl/α,β-unsaturated/α-hetero) is 3. The Morgan fingerprint density at radius 1 is 1.20 bits per heavy atom. The molecule has 0 aliphatic heterocycles. The number of rotatable bonds is 2. The van der Waals surface area contributed by atoms with E-state index >= 15 is 0 Å². The maximum Gasteiger partial charge on any atom is 0.203 e. The van der Waals surface area contributed by atoms with Crippen molar-refractivity contribution in [2.75, 3.05) is 0 Å². The van der Waals surface area contributed by atoms with Gasteiger partial charge in [0, 0.05) is 33.4 Å². The summed E-state index contributed by atoms with van der Waals surface area (Å²) in [7, 11) is 0. The number of aliphatic hydroxyl groups excluding tert-OH is 2. The fourth-order valence-corrected chi connectivity index (χ4v) is 7.04. The van der Waals surface area contributed by atoms with Crippen LogP contribution in [0.3, 0.4) is 0 Å². The van der Waals surface area contributed by atoms with Gasteiger partial charge >= 0.3 is 0 Å². The highest BCUT2D eigenvalue weighted by Gasteiger charge is 2.72. The van der Waals surface area contributed by atoms with Gasteiger partial charge in [-0.05, 0) is 44.2 Å². The zero-order valence-corrected chi connectivity index (χ0v) is 20.7. The molecule has 0 radical (unpaired) electrons. The molecule has 1 aromatic rings. The largest absolute Gasteiger partial charge is 0.508 e. The van der Waals surface area contributed by atoms with Gasteiger partial charge in [-0.1, -0.05) is 33.6 Å². The first kappa shape index (κ1) is 24.7. The number of hydrogen-bond acceptors (Lipinski definition) is 7. The van der Waals surface area contributed by atoms with Crippen LogP contribution in [0.5, 0.6) is 5.75 Å². The molecule has 0 aromatic heterocycles. The lowest BCUT2D eigenvalue weighted by Gasteiger charge is -2.59. The molecule has 35 heavy (non-hydrogen) atoms. The molecule has 4 rings (SSSR count). The van der Waals surface area contributed by atoms with Crippen molar-refractivity contribution in [2.45, 2.75) is 60.0 Å². The molecule has 0 bridgehead atoms. The summed E-state index contributed by atoms with van der Waals surface area (Å²) < 4.78 is 0. The van der Waals surface area contributed by atoms with Crippen LogP contribution in [0.25, 0.3) is 5.76 Å². The molecule has 7 nitrogen and oxygen atoms in total. The van der Waals surface area contributed by atoms with Crippen molar-refractivity contribution in [3.05, 3.63) is 45.2 Å². The van der Waals surface area contributed by atoms with E-state index in [1.807, 2.05) is 0 Å². The predicted molar refractivity (Wildman–Crippen MR) is 128 cm³/mol. The van der Waals surface area contributed by atoms with E-state index in [0.717, 1.165) is 6.92 Å². The Kier molecular flexibility index (Phi) is 5.17. The lowest BCUT2D eigenvalue weighted by atomic mass is 9.43. The maximum atomic E-state index is 14.1.